The van der Waals surface area contributed by atoms with E-state index in [-0.39, 0.29) is 6.04 Å². The first-order chi connectivity index (χ1) is 7.59. The second kappa shape index (κ2) is 6.63. The lowest BCUT2D eigenvalue weighted by Crippen LogP contribution is -2.34. The largest absolute Gasteiger partial charge is 0.391 e. The Kier molecular flexibility index (Phi) is 5.46. The van der Waals surface area contributed by atoms with Gasteiger partial charge in [-0.3, -0.25) is 0 Å². The first-order valence-corrected chi connectivity index (χ1v) is 5.75. The minimum absolute atomic E-state index is 0.148. The van der Waals surface area contributed by atoms with Crippen molar-refractivity contribution in [1.29, 1.82) is 0 Å². The average Bonchev–Trinajstić information content (AvgIpc) is 2.27. The van der Waals surface area contributed by atoms with Crippen LogP contribution in [0, 0.1) is 0 Å². The Morgan fingerprint density at radius 2 is 1.94 bits per heavy atom. The smallest absolute Gasteiger partial charge is 0.0700 e. The van der Waals surface area contributed by atoms with Crippen LogP contribution in [0.2, 0.25) is 0 Å². The lowest BCUT2D eigenvalue weighted by Gasteiger charge is -2.20. The van der Waals surface area contributed by atoms with Crippen molar-refractivity contribution in [1.82, 2.24) is 4.90 Å². The van der Waals surface area contributed by atoms with E-state index in [1.54, 1.807) is 0 Å². The molecule has 0 amide bonds. The number of hydrogen-bond donors (Lipinski definition) is 2. The third kappa shape index (κ3) is 4.75. The minimum atomic E-state index is -0.404. The number of benzene rings is 1. The van der Waals surface area contributed by atoms with E-state index >= 15 is 0 Å². The SMILES string of the molecule is CC(N)C(O)CCN(C)Cc1ccccc1. The summed E-state index contributed by atoms with van der Waals surface area (Å²) in [4.78, 5) is 2.20. The van der Waals surface area contributed by atoms with Gasteiger partial charge in [0.2, 0.25) is 0 Å². The third-order valence-corrected chi connectivity index (χ3v) is 2.71. The number of hydrogen-bond acceptors (Lipinski definition) is 3. The number of rotatable bonds is 6. The maximum Gasteiger partial charge on any atom is 0.0700 e. The fourth-order valence-corrected chi connectivity index (χ4v) is 1.59. The quantitative estimate of drug-likeness (QED) is 0.761. The summed E-state index contributed by atoms with van der Waals surface area (Å²) in [5.41, 5.74) is 6.90. The molecule has 1 aromatic carbocycles. The molecule has 3 N–H and O–H groups in total. The van der Waals surface area contributed by atoms with E-state index in [9.17, 15) is 5.11 Å². The monoisotopic (exact) mass is 222 g/mol. The van der Waals surface area contributed by atoms with Crippen molar-refractivity contribution < 1.29 is 5.11 Å². The molecular formula is C13H22N2O. The molecule has 0 fully saturated rings. The highest BCUT2D eigenvalue weighted by Gasteiger charge is 2.10. The molecular weight excluding hydrogens is 200 g/mol. The zero-order valence-electron chi connectivity index (χ0n) is 10.1. The molecule has 0 saturated carbocycles. The number of aliphatic hydroxyl groups excluding tert-OH is 1. The maximum atomic E-state index is 9.59. The molecule has 16 heavy (non-hydrogen) atoms. The standard InChI is InChI=1S/C13H22N2O/c1-11(14)13(16)8-9-15(2)10-12-6-4-3-5-7-12/h3-7,11,13,16H,8-10,14H2,1-2H3. The summed E-state index contributed by atoms with van der Waals surface area (Å²) in [5, 5.41) is 9.59. The van der Waals surface area contributed by atoms with Gasteiger partial charge in [0.25, 0.3) is 0 Å². The van der Waals surface area contributed by atoms with Crippen LogP contribution < -0.4 is 5.73 Å². The lowest BCUT2D eigenvalue weighted by atomic mass is 10.1. The molecule has 0 heterocycles. The van der Waals surface area contributed by atoms with Crippen molar-refractivity contribution in [2.24, 2.45) is 5.73 Å². The molecule has 0 aliphatic carbocycles. The normalized spacial score (nSPS) is 15.1. The second-order valence-corrected chi connectivity index (χ2v) is 4.44. The van der Waals surface area contributed by atoms with Crippen molar-refractivity contribution in [2.75, 3.05) is 13.6 Å². The summed E-state index contributed by atoms with van der Waals surface area (Å²) in [6.07, 6.45) is 0.319. The van der Waals surface area contributed by atoms with E-state index in [1.807, 2.05) is 25.1 Å². The summed E-state index contributed by atoms with van der Waals surface area (Å²) in [7, 11) is 2.06. The minimum Gasteiger partial charge on any atom is -0.391 e. The molecule has 1 rings (SSSR count). The van der Waals surface area contributed by atoms with Gasteiger partial charge in [-0.15, -0.1) is 0 Å². The van der Waals surface area contributed by atoms with Gasteiger partial charge in [-0.1, -0.05) is 30.3 Å². The molecule has 90 valence electrons. The van der Waals surface area contributed by atoms with Gasteiger partial charge in [-0.2, -0.15) is 0 Å². The molecule has 0 saturated heterocycles. The average molecular weight is 222 g/mol. The van der Waals surface area contributed by atoms with E-state index in [4.69, 9.17) is 5.73 Å². The summed E-state index contributed by atoms with van der Waals surface area (Å²) in [6.45, 7) is 3.60. The highest BCUT2D eigenvalue weighted by molar-refractivity contribution is 5.14. The van der Waals surface area contributed by atoms with Crippen LogP contribution in [0.1, 0.15) is 18.9 Å². The Morgan fingerprint density at radius 1 is 1.31 bits per heavy atom. The molecule has 0 aliphatic rings. The van der Waals surface area contributed by atoms with E-state index in [2.05, 4.69) is 24.1 Å². The van der Waals surface area contributed by atoms with Crippen molar-refractivity contribution in [3.63, 3.8) is 0 Å². The molecule has 3 nitrogen and oxygen atoms in total. The highest BCUT2D eigenvalue weighted by atomic mass is 16.3. The molecule has 1 aromatic rings. The molecule has 0 bridgehead atoms. The second-order valence-electron chi connectivity index (χ2n) is 4.44. The van der Waals surface area contributed by atoms with Crippen molar-refractivity contribution in [3.05, 3.63) is 35.9 Å². The van der Waals surface area contributed by atoms with Crippen molar-refractivity contribution >= 4 is 0 Å². The van der Waals surface area contributed by atoms with Crippen LogP contribution in [0.15, 0.2) is 30.3 Å². The molecule has 0 aliphatic heterocycles. The lowest BCUT2D eigenvalue weighted by molar-refractivity contribution is 0.125. The van der Waals surface area contributed by atoms with Gasteiger partial charge in [0.05, 0.1) is 6.10 Å². The molecule has 3 heteroatoms. The molecule has 0 radical (unpaired) electrons. The molecule has 2 atom stereocenters. The highest BCUT2D eigenvalue weighted by Crippen LogP contribution is 2.04. The predicted octanol–water partition coefficient (Wildman–Crippen LogP) is 1.22. The maximum absolute atomic E-state index is 9.59. The van der Waals surface area contributed by atoms with Crippen LogP contribution >= 0.6 is 0 Å². The van der Waals surface area contributed by atoms with Crippen LogP contribution in [0.5, 0.6) is 0 Å². The molecule has 2 unspecified atom stereocenters. The Morgan fingerprint density at radius 3 is 2.50 bits per heavy atom. The molecule has 0 spiro atoms. The van der Waals surface area contributed by atoms with Gasteiger partial charge < -0.3 is 15.7 Å². The van der Waals surface area contributed by atoms with Gasteiger partial charge in [0.1, 0.15) is 0 Å². The van der Waals surface area contributed by atoms with Crippen LogP contribution in [-0.2, 0) is 6.54 Å². The fourth-order valence-electron chi connectivity index (χ4n) is 1.59. The number of nitrogens with zero attached hydrogens (tertiary/aromatic N) is 1. The van der Waals surface area contributed by atoms with Crippen LogP contribution in [0.4, 0.5) is 0 Å². The van der Waals surface area contributed by atoms with Crippen molar-refractivity contribution in [3.8, 4) is 0 Å². The van der Waals surface area contributed by atoms with E-state index in [0.29, 0.717) is 0 Å². The van der Waals surface area contributed by atoms with E-state index in [0.717, 1.165) is 19.5 Å². The van der Waals surface area contributed by atoms with Gasteiger partial charge in [-0.25, -0.2) is 0 Å². The summed E-state index contributed by atoms with van der Waals surface area (Å²) < 4.78 is 0. The Bertz CT molecular complexity index is 287. The summed E-state index contributed by atoms with van der Waals surface area (Å²) in [5.74, 6) is 0. The Labute approximate surface area is 97.9 Å². The first kappa shape index (κ1) is 13.2. The number of aliphatic hydroxyl groups is 1. The third-order valence-electron chi connectivity index (χ3n) is 2.71. The summed E-state index contributed by atoms with van der Waals surface area (Å²) >= 11 is 0. The first-order valence-electron chi connectivity index (χ1n) is 5.75. The van der Waals surface area contributed by atoms with Gasteiger partial charge >= 0.3 is 0 Å². The van der Waals surface area contributed by atoms with Crippen LogP contribution in [0.3, 0.4) is 0 Å². The van der Waals surface area contributed by atoms with Gasteiger partial charge in [0.15, 0.2) is 0 Å². The number of nitrogens with two attached hydrogens (primary N) is 1. The zero-order valence-corrected chi connectivity index (χ0v) is 10.1. The van der Waals surface area contributed by atoms with E-state index in [1.165, 1.54) is 5.56 Å². The van der Waals surface area contributed by atoms with Gasteiger partial charge in [-0.05, 0) is 26.0 Å². The predicted molar refractivity (Wildman–Crippen MR) is 67.0 cm³/mol. The van der Waals surface area contributed by atoms with Gasteiger partial charge in [0, 0.05) is 19.1 Å². The van der Waals surface area contributed by atoms with E-state index < -0.39 is 6.10 Å². The molecule has 0 aromatic heterocycles. The van der Waals surface area contributed by atoms with Crippen LogP contribution in [0.25, 0.3) is 0 Å². The van der Waals surface area contributed by atoms with Crippen LogP contribution in [-0.4, -0.2) is 35.7 Å². The Balaban J connectivity index is 2.29. The fraction of sp³-hybridized carbons (Fsp3) is 0.538. The van der Waals surface area contributed by atoms with Crippen molar-refractivity contribution in [2.45, 2.75) is 32.0 Å². The Hall–Kier alpha value is -0.900. The topological polar surface area (TPSA) is 49.5 Å². The zero-order chi connectivity index (χ0) is 12.0. The summed E-state index contributed by atoms with van der Waals surface area (Å²) in [6, 6.07) is 10.2.